The number of nitrogens with one attached hydrogen (secondary N) is 3. The molecule has 0 aromatic carbocycles. The van der Waals surface area contributed by atoms with E-state index in [4.69, 9.17) is 0 Å². The van der Waals surface area contributed by atoms with Crippen molar-refractivity contribution >= 4 is 75.8 Å². The van der Waals surface area contributed by atoms with Crippen LogP contribution in [0, 0.1) is 5.92 Å². The average molecular weight is 492 g/mol. The molecule has 0 bridgehead atoms. The molecule has 2 unspecified atom stereocenters. The fourth-order valence-corrected chi connectivity index (χ4v) is 5.08. The van der Waals surface area contributed by atoms with E-state index in [2.05, 4.69) is 102 Å². The largest absolute Gasteiger partial charge is 0.274 e. The van der Waals surface area contributed by atoms with Crippen molar-refractivity contribution in [2.24, 2.45) is 5.92 Å². The molecule has 1 saturated heterocycles. The molecular weight excluding hydrogens is 455 g/mol. The van der Waals surface area contributed by atoms with E-state index in [1.807, 2.05) is 0 Å². The molecule has 0 spiro atoms. The fraction of sp³-hybridized carbons (Fsp3) is 1.00. The number of hydrogen-bond acceptors (Lipinski definition) is 11. The lowest BCUT2D eigenvalue weighted by atomic mass is 9.98. The predicted octanol–water partition coefficient (Wildman–Crippen LogP) is 1.24. The Balaban J connectivity index is 3.01. The molecule has 162 valence electrons. The van der Waals surface area contributed by atoms with Crippen LogP contribution in [0.25, 0.3) is 0 Å². The third-order valence-electron chi connectivity index (χ3n) is 4.74. The van der Waals surface area contributed by atoms with Crippen LogP contribution in [-0.2, 0) is 0 Å². The van der Waals surface area contributed by atoms with Gasteiger partial charge < -0.3 is 0 Å². The maximum atomic E-state index is 4.48. The second-order valence-electron chi connectivity index (χ2n) is 6.53. The van der Waals surface area contributed by atoms with Gasteiger partial charge in [0.15, 0.2) is 0 Å². The van der Waals surface area contributed by atoms with Gasteiger partial charge in [0, 0.05) is 49.2 Å². The Morgan fingerprint density at radius 3 is 1.22 bits per heavy atom. The van der Waals surface area contributed by atoms with Crippen molar-refractivity contribution in [2.75, 3.05) is 60.7 Å². The molecule has 0 amide bonds. The Hall–Kier alpha value is 1.90. The van der Waals surface area contributed by atoms with Crippen LogP contribution < -0.4 is 16.0 Å². The molecule has 0 radical (unpaired) electrons. The first-order chi connectivity index (χ1) is 13.1. The first-order valence-electron chi connectivity index (χ1n) is 9.56. The Morgan fingerprint density at radius 2 is 0.926 bits per heavy atom. The van der Waals surface area contributed by atoms with Gasteiger partial charge in [-0.15, -0.1) is 0 Å². The summed E-state index contributed by atoms with van der Waals surface area (Å²) in [5.74, 6) is 5.45. The van der Waals surface area contributed by atoms with Crippen LogP contribution in [0.2, 0.25) is 0 Å². The molecular formula is C16H37N5S6. The van der Waals surface area contributed by atoms with E-state index < -0.39 is 0 Å². The normalized spacial score (nSPS) is 23.7. The molecule has 2 atom stereocenters. The first kappa shape index (κ1) is 26.9. The molecule has 27 heavy (non-hydrogen) atoms. The van der Waals surface area contributed by atoms with Crippen molar-refractivity contribution in [1.82, 2.24) is 25.8 Å². The lowest BCUT2D eigenvalue weighted by Crippen LogP contribution is -2.77. The van der Waals surface area contributed by atoms with Gasteiger partial charge >= 0.3 is 0 Å². The Kier molecular flexibility index (Phi) is 16.5. The van der Waals surface area contributed by atoms with Gasteiger partial charge in [-0.25, -0.2) is 0 Å². The summed E-state index contributed by atoms with van der Waals surface area (Å²) in [6, 6.07) is 0. The third-order valence-corrected chi connectivity index (χ3v) is 6.06. The smallest absolute Gasteiger partial charge is 0.118 e. The van der Waals surface area contributed by atoms with E-state index in [1.54, 1.807) is 0 Å². The van der Waals surface area contributed by atoms with E-state index >= 15 is 0 Å². The SMILES string of the molecule is SCCC(CCS)C1NC(N(CCS)CCS)NC(N(CCS)CCS)N1. The van der Waals surface area contributed by atoms with Crippen LogP contribution in [-0.4, -0.2) is 89.2 Å². The molecule has 0 aliphatic carbocycles. The number of nitrogens with zero attached hydrogens (tertiary/aromatic N) is 2. The van der Waals surface area contributed by atoms with Gasteiger partial charge in [-0.3, -0.25) is 25.8 Å². The predicted molar refractivity (Wildman–Crippen MR) is 140 cm³/mol. The van der Waals surface area contributed by atoms with Gasteiger partial charge in [0.1, 0.15) is 12.6 Å². The monoisotopic (exact) mass is 491 g/mol. The summed E-state index contributed by atoms with van der Waals surface area (Å²) >= 11 is 26.7. The van der Waals surface area contributed by atoms with E-state index in [0.29, 0.717) is 5.92 Å². The quantitative estimate of drug-likeness (QED) is 0.161. The molecule has 1 heterocycles. The topological polar surface area (TPSA) is 42.6 Å². The number of hydrogen-bond donors (Lipinski definition) is 9. The summed E-state index contributed by atoms with van der Waals surface area (Å²) in [5, 5.41) is 11.2. The Labute approximate surface area is 198 Å². The summed E-state index contributed by atoms with van der Waals surface area (Å²) in [6.07, 6.45) is 2.40. The minimum Gasteiger partial charge on any atom is -0.274 e. The highest BCUT2D eigenvalue weighted by molar-refractivity contribution is 7.81. The fourth-order valence-electron chi connectivity index (χ4n) is 3.39. The molecule has 11 heteroatoms. The zero-order valence-electron chi connectivity index (χ0n) is 15.9. The van der Waals surface area contributed by atoms with Crippen molar-refractivity contribution in [2.45, 2.75) is 31.6 Å². The van der Waals surface area contributed by atoms with Crippen LogP contribution in [0.3, 0.4) is 0 Å². The minimum absolute atomic E-state index is 0.0604. The summed E-state index contributed by atoms with van der Waals surface area (Å²) < 4.78 is 0. The van der Waals surface area contributed by atoms with E-state index in [-0.39, 0.29) is 18.7 Å². The second kappa shape index (κ2) is 16.6. The standard InChI is InChI=1S/C16H37N5S6/c22-7-1-13(2-8-23)14-17-15(20(3-9-24)4-10-25)19-16(18-14)21(5-11-26)6-12-27/h13-19,22-27H,1-12H2. The zero-order valence-corrected chi connectivity index (χ0v) is 21.2. The molecule has 0 aromatic heterocycles. The minimum atomic E-state index is 0.0604. The third kappa shape index (κ3) is 9.71. The average Bonchev–Trinajstić information content (AvgIpc) is 2.67. The zero-order chi connectivity index (χ0) is 20.1. The summed E-state index contributed by atoms with van der Waals surface area (Å²) in [5.41, 5.74) is 0. The van der Waals surface area contributed by atoms with Gasteiger partial charge in [0.05, 0.1) is 6.17 Å². The van der Waals surface area contributed by atoms with Gasteiger partial charge in [-0.1, -0.05) is 0 Å². The highest BCUT2D eigenvalue weighted by atomic mass is 32.1. The molecule has 0 aromatic rings. The lowest BCUT2D eigenvalue weighted by Gasteiger charge is -2.48. The van der Waals surface area contributed by atoms with Crippen molar-refractivity contribution in [3.8, 4) is 0 Å². The van der Waals surface area contributed by atoms with Gasteiger partial charge in [-0.2, -0.15) is 75.8 Å². The first-order valence-corrected chi connectivity index (χ1v) is 13.4. The summed E-state index contributed by atoms with van der Waals surface area (Å²) in [6.45, 7) is 3.60. The van der Waals surface area contributed by atoms with Crippen molar-refractivity contribution < 1.29 is 0 Å². The van der Waals surface area contributed by atoms with Crippen LogP contribution in [0.5, 0.6) is 0 Å². The maximum absolute atomic E-state index is 4.48. The summed E-state index contributed by atoms with van der Waals surface area (Å²) in [4.78, 5) is 4.75. The van der Waals surface area contributed by atoms with Gasteiger partial charge in [-0.05, 0) is 30.3 Å². The van der Waals surface area contributed by atoms with Crippen molar-refractivity contribution in [1.29, 1.82) is 0 Å². The Bertz CT molecular complexity index is 294. The molecule has 5 nitrogen and oxygen atoms in total. The second-order valence-corrected chi connectivity index (χ2v) is 9.22. The summed E-state index contributed by atoms with van der Waals surface area (Å²) in [7, 11) is 0. The van der Waals surface area contributed by atoms with Crippen LogP contribution in [0.15, 0.2) is 0 Å². The van der Waals surface area contributed by atoms with E-state index in [9.17, 15) is 0 Å². The number of rotatable bonds is 15. The molecule has 1 fully saturated rings. The molecule has 1 aliphatic heterocycles. The van der Waals surface area contributed by atoms with Gasteiger partial charge in [0.25, 0.3) is 0 Å². The highest BCUT2D eigenvalue weighted by Crippen LogP contribution is 2.18. The van der Waals surface area contributed by atoms with E-state index in [1.165, 1.54) is 0 Å². The maximum Gasteiger partial charge on any atom is 0.118 e. The van der Waals surface area contributed by atoms with Gasteiger partial charge in [0.2, 0.25) is 0 Å². The lowest BCUT2D eigenvalue weighted by molar-refractivity contribution is -0.00488. The molecule has 0 saturated carbocycles. The molecule has 3 N–H and O–H groups in total. The number of thiol groups is 6. The van der Waals surface area contributed by atoms with Crippen LogP contribution in [0.4, 0.5) is 0 Å². The van der Waals surface area contributed by atoms with E-state index in [0.717, 1.165) is 73.5 Å². The molecule has 1 rings (SSSR count). The highest BCUT2D eigenvalue weighted by Gasteiger charge is 2.35. The molecule has 1 aliphatic rings. The van der Waals surface area contributed by atoms with Crippen LogP contribution >= 0.6 is 75.8 Å². The Morgan fingerprint density at radius 1 is 0.556 bits per heavy atom. The van der Waals surface area contributed by atoms with Crippen LogP contribution in [0.1, 0.15) is 12.8 Å². The van der Waals surface area contributed by atoms with Crippen molar-refractivity contribution in [3.05, 3.63) is 0 Å². The van der Waals surface area contributed by atoms with Crippen molar-refractivity contribution in [3.63, 3.8) is 0 Å².